The van der Waals surface area contributed by atoms with Crippen LogP contribution in [0.2, 0.25) is 0 Å². The minimum absolute atomic E-state index is 0.350. The summed E-state index contributed by atoms with van der Waals surface area (Å²) in [5.41, 5.74) is 17.0. The van der Waals surface area contributed by atoms with Crippen molar-refractivity contribution in [2.45, 2.75) is 5.41 Å². The lowest BCUT2D eigenvalue weighted by Crippen LogP contribution is -2.28. The van der Waals surface area contributed by atoms with Gasteiger partial charge in [-0.1, -0.05) is 212 Å². The molecule has 0 unspecified atom stereocenters. The van der Waals surface area contributed by atoms with Crippen molar-refractivity contribution in [2.24, 2.45) is 0 Å². The first-order valence-corrected chi connectivity index (χ1v) is 27.4. The number of nitriles is 1. The zero-order valence-electron chi connectivity index (χ0n) is 43.6. The summed E-state index contributed by atoms with van der Waals surface area (Å²) in [7, 11) is 0. The van der Waals surface area contributed by atoms with E-state index in [2.05, 4.69) is 291 Å². The molecule has 81 heavy (non-hydrogen) atoms. The number of fused-ring (bicyclic) bond motifs is 15. The lowest BCUT2D eigenvalue weighted by molar-refractivity contribution is 0.769. The van der Waals surface area contributed by atoms with Crippen LogP contribution in [-0.4, -0.2) is 18.3 Å². The molecule has 6 heteroatoms. The van der Waals surface area contributed by atoms with Crippen molar-refractivity contribution in [3.63, 3.8) is 0 Å². The molecule has 6 nitrogen and oxygen atoms in total. The molecule has 0 spiro atoms. The van der Waals surface area contributed by atoms with Gasteiger partial charge in [-0.15, -0.1) is 0 Å². The van der Waals surface area contributed by atoms with E-state index < -0.39 is 5.41 Å². The Morgan fingerprint density at radius 1 is 0.309 bits per heavy atom. The normalized spacial score (nSPS) is 12.8. The third-order valence-corrected chi connectivity index (χ3v) is 17.5. The second-order valence-electron chi connectivity index (χ2n) is 21.2. The van der Waals surface area contributed by atoms with Crippen molar-refractivity contribution < 1.29 is 0 Å². The van der Waals surface area contributed by atoms with Gasteiger partial charge in [0.1, 0.15) is 6.07 Å². The molecule has 0 bridgehead atoms. The van der Waals surface area contributed by atoms with E-state index in [-0.39, 0.29) is 0 Å². The molecule has 0 radical (unpaired) electrons. The molecule has 374 valence electrons. The highest BCUT2D eigenvalue weighted by molar-refractivity contribution is 6.17. The molecule has 0 saturated heterocycles. The predicted molar refractivity (Wildman–Crippen MR) is 332 cm³/mol. The predicted octanol–water partition coefficient (Wildman–Crippen LogP) is 18.9. The molecule has 0 amide bonds. The Morgan fingerprint density at radius 3 is 1.07 bits per heavy atom. The summed E-state index contributed by atoms with van der Waals surface area (Å²) >= 11 is 0. The number of para-hydroxylation sites is 7. The first-order chi connectivity index (χ1) is 40.2. The van der Waals surface area contributed by atoms with E-state index in [1.807, 2.05) is 0 Å². The van der Waals surface area contributed by atoms with E-state index in [1.165, 1.54) is 11.1 Å². The fourth-order valence-electron chi connectivity index (χ4n) is 14.4. The van der Waals surface area contributed by atoms with Gasteiger partial charge in [0.15, 0.2) is 0 Å². The molecular formula is C75H44N6. The molecule has 0 fully saturated rings. The maximum absolute atomic E-state index is 12.8. The molecule has 0 N–H and O–H groups in total. The van der Waals surface area contributed by atoms with Gasteiger partial charge in [0.05, 0.1) is 84.4 Å². The summed E-state index contributed by atoms with van der Waals surface area (Å²) in [5.74, 6) is 0. The van der Waals surface area contributed by atoms with Crippen LogP contribution in [0.5, 0.6) is 0 Å². The van der Waals surface area contributed by atoms with Crippen LogP contribution in [0.3, 0.4) is 0 Å². The number of aromatic nitrogens is 4. The van der Waals surface area contributed by atoms with E-state index in [0.717, 1.165) is 115 Å². The summed E-state index contributed by atoms with van der Waals surface area (Å²) in [6, 6.07) is 98.1. The Bertz CT molecular complexity index is 5090. The van der Waals surface area contributed by atoms with Crippen LogP contribution >= 0.6 is 0 Å². The quantitative estimate of drug-likeness (QED) is 0.153. The fraction of sp³-hybridized carbons (Fsp3) is 0.0133. The van der Waals surface area contributed by atoms with Crippen molar-refractivity contribution in [3.8, 4) is 39.9 Å². The highest BCUT2D eigenvalue weighted by atomic mass is 15.1. The summed E-state index contributed by atoms with van der Waals surface area (Å²) in [4.78, 5) is 4.86. The van der Waals surface area contributed by atoms with Crippen LogP contribution in [0, 0.1) is 17.9 Å². The highest BCUT2D eigenvalue weighted by Gasteiger charge is 2.47. The minimum atomic E-state index is -0.715. The molecular weight excluding hydrogens is 985 g/mol. The van der Waals surface area contributed by atoms with E-state index in [4.69, 9.17) is 4.85 Å². The maximum Gasteiger partial charge on any atom is 0.237 e. The average Bonchev–Trinajstić information content (AvgIpc) is 3.06. The van der Waals surface area contributed by atoms with E-state index in [0.29, 0.717) is 28.3 Å². The Morgan fingerprint density at radius 2 is 0.654 bits per heavy atom. The van der Waals surface area contributed by atoms with Crippen LogP contribution in [-0.2, 0) is 5.41 Å². The molecule has 0 saturated carbocycles. The number of hydrogen-bond acceptors (Lipinski definition) is 1. The smallest absolute Gasteiger partial charge is 0.237 e. The van der Waals surface area contributed by atoms with Crippen molar-refractivity contribution >= 4 is 92.9 Å². The van der Waals surface area contributed by atoms with Gasteiger partial charge < -0.3 is 18.3 Å². The van der Waals surface area contributed by atoms with Crippen molar-refractivity contribution in [3.05, 3.63) is 306 Å². The third kappa shape index (κ3) is 5.87. The monoisotopic (exact) mass is 1030 g/mol. The van der Waals surface area contributed by atoms with Crippen LogP contribution < -0.4 is 0 Å². The molecule has 1 aliphatic carbocycles. The van der Waals surface area contributed by atoms with E-state index in [1.54, 1.807) is 0 Å². The van der Waals surface area contributed by atoms with Gasteiger partial charge in [-0.2, -0.15) is 5.26 Å². The van der Waals surface area contributed by atoms with Gasteiger partial charge >= 0.3 is 0 Å². The van der Waals surface area contributed by atoms with Crippen molar-refractivity contribution in [2.75, 3.05) is 0 Å². The molecule has 4 heterocycles. The zero-order chi connectivity index (χ0) is 53.5. The maximum atomic E-state index is 12.8. The highest BCUT2D eigenvalue weighted by Crippen LogP contribution is 2.59. The summed E-state index contributed by atoms with van der Waals surface area (Å²) in [6.07, 6.45) is 0. The fourth-order valence-corrected chi connectivity index (χ4v) is 14.4. The van der Waals surface area contributed by atoms with E-state index in [9.17, 15) is 11.8 Å². The van der Waals surface area contributed by atoms with Gasteiger partial charge in [0, 0.05) is 43.1 Å². The number of rotatable bonds is 6. The Labute approximate surface area is 465 Å². The summed E-state index contributed by atoms with van der Waals surface area (Å²) in [5, 5.41) is 21.2. The van der Waals surface area contributed by atoms with Crippen molar-refractivity contribution in [1.29, 1.82) is 5.26 Å². The topological polar surface area (TPSA) is 47.9 Å². The average molecular weight is 1030 g/mol. The standard InChI is InChI=1S/C75H44N6/c1-77-70-71(81-68-43-23-15-35-56(68)58-44-57-49-28-8-16-36-60(49)75(61(57)45-69(58)81,47-24-4-2-5-25-47)48-26-6-3-7-27-48)59(46-76)72(78-62-37-17-9-29-50(62)51-30-10-18-38-63(51)78)74(80-66-41-21-13-33-54(66)55-34-14-22-42-67(55)80)73(70)79-64-39-19-11-31-52(64)53-32-12-20-40-65(53)79/h2-45H. The van der Waals surface area contributed by atoms with Gasteiger partial charge in [0.25, 0.3) is 0 Å². The van der Waals surface area contributed by atoms with E-state index >= 15 is 0 Å². The molecule has 16 aromatic rings. The second-order valence-corrected chi connectivity index (χ2v) is 21.2. The largest absolute Gasteiger partial charge is 0.318 e. The molecule has 0 aliphatic heterocycles. The lowest BCUT2D eigenvalue weighted by atomic mass is 9.67. The van der Waals surface area contributed by atoms with Crippen LogP contribution in [0.1, 0.15) is 27.8 Å². The molecule has 17 rings (SSSR count). The molecule has 4 aromatic heterocycles. The SMILES string of the molecule is [C-]#[N+]c1c(-n2c3ccccc3c3cc4c(cc32)C(c2ccccc2)(c2ccccc2)c2ccccc2-4)c(C#N)c(-n2c3ccccc3c3ccccc32)c(-n2c3ccccc3c3ccccc32)c1-n1c2ccccc2c2ccccc21. The Hall–Kier alpha value is -11.2. The minimum Gasteiger partial charge on any atom is -0.318 e. The first-order valence-electron chi connectivity index (χ1n) is 27.4. The molecule has 12 aromatic carbocycles. The number of benzene rings is 12. The van der Waals surface area contributed by atoms with Gasteiger partial charge in [-0.3, -0.25) is 0 Å². The molecule has 1 aliphatic rings. The number of hydrogen-bond donors (Lipinski definition) is 0. The third-order valence-electron chi connectivity index (χ3n) is 17.5. The summed E-state index contributed by atoms with van der Waals surface area (Å²) < 4.78 is 9.24. The van der Waals surface area contributed by atoms with Crippen LogP contribution in [0.25, 0.3) is 126 Å². The first kappa shape index (κ1) is 44.9. The van der Waals surface area contributed by atoms with Crippen LogP contribution in [0.15, 0.2) is 267 Å². The van der Waals surface area contributed by atoms with Crippen molar-refractivity contribution in [1.82, 2.24) is 18.3 Å². The molecule has 0 atom stereocenters. The Kier molecular flexibility index (Phi) is 9.37. The van der Waals surface area contributed by atoms with Gasteiger partial charge in [-0.05, 0) is 88.0 Å². The summed E-state index contributed by atoms with van der Waals surface area (Å²) in [6.45, 7) is 9.96. The number of nitrogens with zero attached hydrogens (tertiary/aromatic N) is 6. The zero-order valence-corrected chi connectivity index (χ0v) is 43.6. The Balaban J connectivity index is 1.15. The van der Waals surface area contributed by atoms with Gasteiger partial charge in [-0.25, -0.2) is 4.85 Å². The van der Waals surface area contributed by atoms with Gasteiger partial charge in [0.2, 0.25) is 5.69 Å². The van der Waals surface area contributed by atoms with Crippen LogP contribution in [0.4, 0.5) is 5.69 Å². The second kappa shape index (κ2) is 16.9. The lowest BCUT2D eigenvalue weighted by Gasteiger charge is -2.34.